The maximum atomic E-state index is 12.0. The number of nitrogens with one attached hydrogen (secondary N) is 1. The minimum atomic E-state index is -0.706. The molecule has 7 nitrogen and oxygen atoms in total. The van der Waals surface area contributed by atoms with Crippen LogP contribution in [0.2, 0.25) is 0 Å². The first kappa shape index (κ1) is 12.7. The normalized spacial score (nSPS) is 16.4. The average Bonchev–Trinajstić information content (AvgIpc) is 2.97. The number of hydrogen-bond donors (Lipinski definition) is 2. The van der Waals surface area contributed by atoms with Crippen LogP contribution in [-0.2, 0) is 0 Å². The summed E-state index contributed by atoms with van der Waals surface area (Å²) in [6.45, 7) is 0.306. The molecule has 1 aliphatic rings. The number of aromatic nitrogens is 4. The summed E-state index contributed by atoms with van der Waals surface area (Å²) in [6, 6.07) is 6.95. The smallest absolute Gasteiger partial charge is 0.251 e. The third-order valence-corrected chi connectivity index (χ3v) is 3.61. The van der Waals surface area contributed by atoms with Gasteiger partial charge in [0.05, 0.1) is 11.3 Å². The Morgan fingerprint density at radius 2 is 2.10 bits per heavy atom. The van der Waals surface area contributed by atoms with E-state index in [0.717, 1.165) is 24.9 Å². The van der Waals surface area contributed by atoms with Crippen LogP contribution in [0.5, 0.6) is 0 Å². The summed E-state index contributed by atoms with van der Waals surface area (Å²) in [7, 11) is 0. The van der Waals surface area contributed by atoms with E-state index in [1.54, 1.807) is 24.3 Å². The van der Waals surface area contributed by atoms with Crippen molar-refractivity contribution >= 4 is 5.91 Å². The molecule has 1 aromatic heterocycles. The van der Waals surface area contributed by atoms with Crippen LogP contribution in [-0.4, -0.2) is 43.4 Å². The van der Waals surface area contributed by atoms with Crippen LogP contribution in [0.15, 0.2) is 30.6 Å². The number of tetrazole rings is 1. The fraction of sp³-hybridized carbons (Fsp3) is 0.385. The fourth-order valence-electron chi connectivity index (χ4n) is 2.15. The van der Waals surface area contributed by atoms with Crippen molar-refractivity contribution in [1.29, 1.82) is 0 Å². The number of rotatable bonds is 4. The summed E-state index contributed by atoms with van der Waals surface area (Å²) in [5, 5.41) is 23.6. The van der Waals surface area contributed by atoms with Gasteiger partial charge in [0.2, 0.25) is 0 Å². The predicted molar refractivity (Wildman–Crippen MR) is 70.3 cm³/mol. The maximum Gasteiger partial charge on any atom is 0.251 e. The summed E-state index contributed by atoms with van der Waals surface area (Å²) in [5.41, 5.74) is 0.621. The van der Waals surface area contributed by atoms with Crippen molar-refractivity contribution in [1.82, 2.24) is 25.5 Å². The molecule has 2 aromatic rings. The number of amides is 1. The molecule has 1 fully saturated rings. The van der Waals surface area contributed by atoms with Crippen molar-refractivity contribution in [3.05, 3.63) is 36.2 Å². The van der Waals surface area contributed by atoms with E-state index in [0.29, 0.717) is 12.1 Å². The van der Waals surface area contributed by atoms with Gasteiger partial charge in [-0.3, -0.25) is 4.79 Å². The predicted octanol–water partition coefficient (Wildman–Crippen LogP) is 0.307. The Balaban J connectivity index is 1.63. The van der Waals surface area contributed by atoms with Crippen LogP contribution in [0.1, 0.15) is 29.6 Å². The number of benzene rings is 1. The first-order chi connectivity index (χ1) is 9.66. The van der Waals surface area contributed by atoms with E-state index in [9.17, 15) is 9.90 Å². The Labute approximate surface area is 115 Å². The summed E-state index contributed by atoms with van der Waals surface area (Å²) in [4.78, 5) is 12.0. The maximum absolute atomic E-state index is 12.0. The van der Waals surface area contributed by atoms with E-state index in [2.05, 4.69) is 20.8 Å². The molecule has 0 spiro atoms. The zero-order chi connectivity index (χ0) is 14.0. The van der Waals surface area contributed by atoms with Crippen LogP contribution in [0.3, 0.4) is 0 Å². The Bertz CT molecular complexity index is 590. The molecule has 104 valence electrons. The van der Waals surface area contributed by atoms with Gasteiger partial charge >= 0.3 is 0 Å². The van der Waals surface area contributed by atoms with Gasteiger partial charge in [-0.05, 0) is 54.0 Å². The lowest BCUT2D eigenvalue weighted by molar-refractivity contribution is -0.0300. The van der Waals surface area contributed by atoms with Gasteiger partial charge in [-0.1, -0.05) is 0 Å². The first-order valence-corrected chi connectivity index (χ1v) is 6.50. The Kier molecular flexibility index (Phi) is 3.19. The van der Waals surface area contributed by atoms with Gasteiger partial charge in [0.1, 0.15) is 6.33 Å². The molecule has 2 N–H and O–H groups in total. The highest BCUT2D eigenvalue weighted by atomic mass is 16.3. The number of hydrogen-bond acceptors (Lipinski definition) is 5. The number of carbonyl (C=O) groups excluding carboxylic acids is 1. The highest BCUT2D eigenvalue weighted by Crippen LogP contribution is 2.30. The molecule has 20 heavy (non-hydrogen) atoms. The molecule has 0 unspecified atom stereocenters. The minimum Gasteiger partial charge on any atom is -0.388 e. The van der Waals surface area contributed by atoms with Gasteiger partial charge in [-0.2, -0.15) is 0 Å². The first-order valence-electron chi connectivity index (χ1n) is 6.50. The lowest BCUT2D eigenvalue weighted by atomic mass is 9.80. The van der Waals surface area contributed by atoms with Crippen LogP contribution >= 0.6 is 0 Å². The average molecular weight is 273 g/mol. The third kappa shape index (κ3) is 2.53. The Morgan fingerprint density at radius 1 is 1.35 bits per heavy atom. The topological polar surface area (TPSA) is 92.9 Å². The SMILES string of the molecule is O=C(NCC1(O)CCC1)c1ccc(-n2cnnn2)cc1. The third-order valence-electron chi connectivity index (χ3n) is 3.61. The molecule has 3 rings (SSSR count). The second-order valence-corrected chi connectivity index (χ2v) is 5.06. The Hall–Kier alpha value is -2.28. The zero-order valence-corrected chi connectivity index (χ0v) is 10.9. The van der Waals surface area contributed by atoms with E-state index in [4.69, 9.17) is 0 Å². The van der Waals surface area contributed by atoms with Crippen LogP contribution in [0.4, 0.5) is 0 Å². The number of aliphatic hydroxyl groups is 1. The van der Waals surface area contributed by atoms with Gasteiger partial charge < -0.3 is 10.4 Å². The number of nitrogens with zero attached hydrogens (tertiary/aromatic N) is 4. The quantitative estimate of drug-likeness (QED) is 0.836. The molecule has 1 amide bonds. The van der Waals surface area contributed by atoms with Crippen molar-refractivity contribution in [3.63, 3.8) is 0 Å². The molecule has 0 atom stereocenters. The second kappa shape index (κ2) is 5.01. The summed E-state index contributed by atoms with van der Waals surface area (Å²) in [6.07, 6.45) is 4.02. The molecule has 1 saturated carbocycles. The molecule has 1 heterocycles. The van der Waals surface area contributed by atoms with Crippen LogP contribution in [0, 0.1) is 0 Å². The lowest BCUT2D eigenvalue weighted by Crippen LogP contribution is -2.47. The summed E-state index contributed by atoms with van der Waals surface area (Å²) in [5.74, 6) is -0.186. The molecular formula is C13H15N5O2. The summed E-state index contributed by atoms with van der Waals surface area (Å²) >= 11 is 0. The van der Waals surface area contributed by atoms with Gasteiger partial charge in [0.25, 0.3) is 5.91 Å². The molecule has 1 aliphatic carbocycles. The van der Waals surface area contributed by atoms with Gasteiger partial charge in [-0.15, -0.1) is 5.10 Å². The minimum absolute atomic E-state index is 0.186. The van der Waals surface area contributed by atoms with Crippen molar-refractivity contribution in [2.24, 2.45) is 0 Å². The van der Waals surface area contributed by atoms with E-state index in [1.165, 1.54) is 11.0 Å². The molecule has 7 heteroatoms. The van der Waals surface area contributed by atoms with Crippen molar-refractivity contribution in [3.8, 4) is 5.69 Å². The monoisotopic (exact) mass is 273 g/mol. The van der Waals surface area contributed by atoms with Crippen LogP contribution < -0.4 is 5.32 Å². The number of carbonyl (C=O) groups is 1. The van der Waals surface area contributed by atoms with Crippen molar-refractivity contribution < 1.29 is 9.90 Å². The molecule has 0 aliphatic heterocycles. The van der Waals surface area contributed by atoms with Gasteiger partial charge in [0.15, 0.2) is 0 Å². The zero-order valence-electron chi connectivity index (χ0n) is 10.9. The largest absolute Gasteiger partial charge is 0.388 e. The fourth-order valence-corrected chi connectivity index (χ4v) is 2.15. The van der Waals surface area contributed by atoms with Gasteiger partial charge in [0, 0.05) is 12.1 Å². The van der Waals surface area contributed by atoms with E-state index in [1.807, 2.05) is 0 Å². The highest BCUT2D eigenvalue weighted by molar-refractivity contribution is 5.94. The molecule has 0 radical (unpaired) electrons. The standard InChI is InChI=1S/C13H15N5O2/c19-12(14-8-13(20)6-1-7-13)10-2-4-11(5-3-10)18-9-15-16-17-18/h2-5,9,20H,1,6-8H2,(H,14,19). The summed E-state index contributed by atoms with van der Waals surface area (Å²) < 4.78 is 1.51. The van der Waals surface area contributed by atoms with E-state index in [-0.39, 0.29) is 5.91 Å². The molecular weight excluding hydrogens is 258 g/mol. The van der Waals surface area contributed by atoms with Crippen molar-refractivity contribution in [2.45, 2.75) is 24.9 Å². The molecule has 0 saturated heterocycles. The van der Waals surface area contributed by atoms with Crippen molar-refractivity contribution in [2.75, 3.05) is 6.54 Å². The highest BCUT2D eigenvalue weighted by Gasteiger charge is 2.34. The Morgan fingerprint density at radius 3 is 2.65 bits per heavy atom. The molecule has 0 bridgehead atoms. The van der Waals surface area contributed by atoms with Gasteiger partial charge in [-0.25, -0.2) is 4.68 Å². The second-order valence-electron chi connectivity index (χ2n) is 5.06. The lowest BCUT2D eigenvalue weighted by Gasteiger charge is -2.36. The molecule has 1 aromatic carbocycles. The van der Waals surface area contributed by atoms with E-state index >= 15 is 0 Å². The van der Waals surface area contributed by atoms with Crippen LogP contribution in [0.25, 0.3) is 5.69 Å². The van der Waals surface area contributed by atoms with E-state index < -0.39 is 5.60 Å².